The molecule has 0 aliphatic heterocycles. The monoisotopic (exact) mass is 296 g/mol. The van der Waals surface area contributed by atoms with Crippen LogP contribution in [0.5, 0.6) is 0 Å². The van der Waals surface area contributed by atoms with Gasteiger partial charge in [0, 0.05) is 24.5 Å². The molecule has 0 aliphatic carbocycles. The molecule has 0 fully saturated rings. The number of hydrogen-bond acceptors (Lipinski definition) is 5. The molecule has 0 amide bonds. The van der Waals surface area contributed by atoms with Gasteiger partial charge in [-0.25, -0.2) is 4.98 Å². The Morgan fingerprint density at radius 3 is 2.70 bits per heavy atom. The number of aryl methyl sites for hydroxylation is 2. The zero-order valence-electron chi connectivity index (χ0n) is 12.8. The Morgan fingerprint density at radius 2 is 2.20 bits per heavy atom. The van der Waals surface area contributed by atoms with Gasteiger partial charge in [0.05, 0.1) is 5.56 Å². The van der Waals surface area contributed by atoms with Gasteiger partial charge in [-0.15, -0.1) is 0 Å². The molecule has 1 aromatic rings. The van der Waals surface area contributed by atoms with Gasteiger partial charge in [-0.05, 0) is 38.2 Å². The minimum absolute atomic E-state index is 0.107. The second kappa shape index (κ2) is 7.38. The summed E-state index contributed by atoms with van der Waals surface area (Å²) in [6.07, 6.45) is 3.11. The summed E-state index contributed by atoms with van der Waals surface area (Å²) in [6.45, 7) is 6.06. The van der Waals surface area contributed by atoms with Crippen molar-refractivity contribution in [2.75, 3.05) is 24.0 Å². The van der Waals surface area contributed by atoms with E-state index < -0.39 is 0 Å². The van der Waals surface area contributed by atoms with Crippen molar-refractivity contribution in [3.63, 3.8) is 0 Å². The van der Waals surface area contributed by atoms with Crippen LogP contribution in [0.1, 0.15) is 30.2 Å². The molecule has 20 heavy (non-hydrogen) atoms. The molecule has 0 radical (unpaired) electrons. The van der Waals surface area contributed by atoms with Crippen molar-refractivity contribution in [1.82, 2.24) is 4.98 Å². The maximum absolute atomic E-state index is 9.00. The van der Waals surface area contributed by atoms with Crippen molar-refractivity contribution < 1.29 is 5.21 Å². The van der Waals surface area contributed by atoms with Gasteiger partial charge in [0.2, 0.25) is 0 Å². The Bertz CT molecular complexity index is 490. The highest BCUT2D eigenvalue weighted by Gasteiger charge is 2.21. The van der Waals surface area contributed by atoms with Crippen molar-refractivity contribution in [2.24, 2.45) is 10.9 Å². The van der Waals surface area contributed by atoms with E-state index in [4.69, 9.17) is 10.9 Å². The van der Waals surface area contributed by atoms with Crippen LogP contribution in [0, 0.1) is 13.8 Å². The number of anilines is 1. The van der Waals surface area contributed by atoms with E-state index in [1.807, 2.05) is 27.0 Å². The quantitative estimate of drug-likeness (QED) is 0.365. The molecular weight excluding hydrogens is 272 g/mol. The number of pyridine rings is 1. The number of oxime groups is 1. The fraction of sp³-hybridized carbons (Fsp3) is 0.571. The van der Waals surface area contributed by atoms with Crippen LogP contribution in [0.15, 0.2) is 11.2 Å². The highest BCUT2D eigenvalue weighted by atomic mass is 32.2. The van der Waals surface area contributed by atoms with E-state index in [9.17, 15) is 0 Å². The molecule has 112 valence electrons. The molecule has 0 aliphatic rings. The minimum Gasteiger partial charge on any atom is -0.409 e. The molecule has 1 unspecified atom stereocenters. The third-order valence-electron chi connectivity index (χ3n) is 3.40. The first-order valence-electron chi connectivity index (χ1n) is 6.64. The van der Waals surface area contributed by atoms with Gasteiger partial charge in [0.15, 0.2) is 5.84 Å². The van der Waals surface area contributed by atoms with E-state index in [1.54, 1.807) is 11.8 Å². The highest BCUT2D eigenvalue weighted by molar-refractivity contribution is 7.98. The lowest BCUT2D eigenvalue weighted by Gasteiger charge is -2.30. The molecular formula is C14H24N4OS. The van der Waals surface area contributed by atoms with E-state index in [0.29, 0.717) is 11.6 Å². The standard InChI is InChI=1S/C14H24N4OS/c1-6-11(8-20-5)18(4)14-12(13(15)17-19)9(2)7-10(3)16-14/h7,11,19H,6,8H2,1-5H3,(H2,15,17). The first-order valence-corrected chi connectivity index (χ1v) is 8.03. The first-order chi connectivity index (χ1) is 9.46. The average Bonchev–Trinajstić information content (AvgIpc) is 2.42. The second-order valence-electron chi connectivity index (χ2n) is 4.89. The normalized spacial score (nSPS) is 13.3. The Morgan fingerprint density at radius 1 is 1.55 bits per heavy atom. The molecule has 0 saturated carbocycles. The molecule has 1 rings (SSSR count). The fourth-order valence-electron chi connectivity index (χ4n) is 2.31. The van der Waals surface area contributed by atoms with Crippen LogP contribution in [0.2, 0.25) is 0 Å². The summed E-state index contributed by atoms with van der Waals surface area (Å²) in [5.74, 6) is 1.90. The van der Waals surface area contributed by atoms with E-state index >= 15 is 0 Å². The average molecular weight is 296 g/mol. The third kappa shape index (κ3) is 3.56. The van der Waals surface area contributed by atoms with Crippen LogP contribution >= 0.6 is 11.8 Å². The summed E-state index contributed by atoms with van der Waals surface area (Å²) >= 11 is 1.81. The summed E-state index contributed by atoms with van der Waals surface area (Å²) in [6, 6.07) is 2.31. The summed E-state index contributed by atoms with van der Waals surface area (Å²) < 4.78 is 0. The topological polar surface area (TPSA) is 74.7 Å². The molecule has 0 saturated heterocycles. The molecule has 1 heterocycles. The molecule has 6 heteroatoms. The van der Waals surface area contributed by atoms with Crippen LogP contribution < -0.4 is 10.6 Å². The number of aromatic nitrogens is 1. The lowest BCUT2D eigenvalue weighted by Crippen LogP contribution is -2.36. The summed E-state index contributed by atoms with van der Waals surface area (Å²) in [4.78, 5) is 6.73. The van der Waals surface area contributed by atoms with Crippen molar-refractivity contribution >= 4 is 23.4 Å². The molecule has 0 bridgehead atoms. The maximum atomic E-state index is 9.00. The van der Waals surface area contributed by atoms with E-state index in [2.05, 4.69) is 28.2 Å². The SMILES string of the molecule is CCC(CSC)N(C)c1nc(C)cc(C)c1/C(N)=N/O. The van der Waals surface area contributed by atoms with Gasteiger partial charge < -0.3 is 15.8 Å². The van der Waals surface area contributed by atoms with Crippen LogP contribution in [0.25, 0.3) is 0 Å². The van der Waals surface area contributed by atoms with Crippen LogP contribution in [-0.4, -0.2) is 41.1 Å². The van der Waals surface area contributed by atoms with E-state index in [0.717, 1.165) is 29.2 Å². The van der Waals surface area contributed by atoms with Crippen LogP contribution in [-0.2, 0) is 0 Å². The number of rotatable bonds is 6. The van der Waals surface area contributed by atoms with Gasteiger partial charge in [-0.3, -0.25) is 0 Å². The lowest BCUT2D eigenvalue weighted by molar-refractivity contribution is 0.318. The molecule has 1 aromatic heterocycles. The third-order valence-corrected chi connectivity index (χ3v) is 4.12. The molecule has 0 aromatic carbocycles. The number of nitrogens with zero attached hydrogens (tertiary/aromatic N) is 3. The Hall–Kier alpha value is -1.43. The maximum Gasteiger partial charge on any atom is 0.174 e. The van der Waals surface area contributed by atoms with Crippen molar-refractivity contribution in [2.45, 2.75) is 33.2 Å². The highest BCUT2D eigenvalue weighted by Crippen LogP contribution is 2.25. The fourth-order valence-corrected chi connectivity index (χ4v) is 3.15. The predicted molar refractivity (Wildman–Crippen MR) is 87.1 cm³/mol. The number of amidine groups is 1. The molecule has 1 atom stereocenters. The minimum atomic E-state index is 0.107. The summed E-state index contributed by atoms with van der Waals surface area (Å²) in [5, 5.41) is 12.1. The van der Waals surface area contributed by atoms with Crippen LogP contribution in [0.4, 0.5) is 5.82 Å². The number of nitrogens with two attached hydrogens (primary N) is 1. The smallest absolute Gasteiger partial charge is 0.174 e. The lowest BCUT2D eigenvalue weighted by atomic mass is 10.1. The Balaban J connectivity index is 3.34. The van der Waals surface area contributed by atoms with Crippen molar-refractivity contribution in [3.8, 4) is 0 Å². The summed E-state index contributed by atoms with van der Waals surface area (Å²) in [7, 11) is 2.01. The largest absolute Gasteiger partial charge is 0.409 e. The van der Waals surface area contributed by atoms with Gasteiger partial charge in [-0.1, -0.05) is 12.1 Å². The summed E-state index contributed by atoms with van der Waals surface area (Å²) in [5.41, 5.74) is 8.43. The van der Waals surface area contributed by atoms with E-state index in [-0.39, 0.29) is 5.84 Å². The Labute approximate surface area is 125 Å². The van der Waals surface area contributed by atoms with E-state index in [1.165, 1.54) is 0 Å². The van der Waals surface area contributed by atoms with Gasteiger partial charge in [-0.2, -0.15) is 11.8 Å². The van der Waals surface area contributed by atoms with Crippen molar-refractivity contribution in [1.29, 1.82) is 0 Å². The van der Waals surface area contributed by atoms with Crippen LogP contribution in [0.3, 0.4) is 0 Å². The predicted octanol–water partition coefficient (Wildman–Crippen LogP) is 2.37. The Kier molecular flexibility index (Phi) is 6.13. The zero-order chi connectivity index (χ0) is 15.3. The van der Waals surface area contributed by atoms with Gasteiger partial charge in [0.1, 0.15) is 5.82 Å². The van der Waals surface area contributed by atoms with Crippen molar-refractivity contribution in [3.05, 3.63) is 22.9 Å². The first kappa shape index (κ1) is 16.6. The number of hydrogen-bond donors (Lipinski definition) is 2. The van der Waals surface area contributed by atoms with Gasteiger partial charge in [0.25, 0.3) is 0 Å². The number of thioether (sulfide) groups is 1. The molecule has 3 N–H and O–H groups in total. The zero-order valence-corrected chi connectivity index (χ0v) is 13.7. The molecule has 5 nitrogen and oxygen atoms in total. The van der Waals surface area contributed by atoms with Gasteiger partial charge >= 0.3 is 0 Å². The second-order valence-corrected chi connectivity index (χ2v) is 5.80. The molecule has 0 spiro atoms.